The number of carboxylic acid groups (broad SMARTS) is 1. The molecular weight excluding hydrogens is 334 g/mol. The summed E-state index contributed by atoms with van der Waals surface area (Å²) >= 11 is 1.73. The SMILES string of the molecule is CCC1CCSC2=NC(C)=C(C(=O)O)C(c3ccc(N(C)C)cc3)N21. The van der Waals surface area contributed by atoms with Crippen molar-refractivity contribution in [1.29, 1.82) is 0 Å². The van der Waals surface area contributed by atoms with Gasteiger partial charge in [-0.25, -0.2) is 9.79 Å². The van der Waals surface area contributed by atoms with Gasteiger partial charge in [-0.1, -0.05) is 30.8 Å². The molecule has 1 aromatic rings. The van der Waals surface area contributed by atoms with Crippen molar-refractivity contribution >= 4 is 28.6 Å². The van der Waals surface area contributed by atoms with E-state index < -0.39 is 5.97 Å². The van der Waals surface area contributed by atoms with Crippen LogP contribution in [0.3, 0.4) is 0 Å². The summed E-state index contributed by atoms with van der Waals surface area (Å²) in [5.41, 5.74) is 3.12. The predicted molar refractivity (Wildman–Crippen MR) is 104 cm³/mol. The van der Waals surface area contributed by atoms with Crippen LogP contribution in [0.2, 0.25) is 0 Å². The van der Waals surface area contributed by atoms with Gasteiger partial charge in [0.25, 0.3) is 0 Å². The number of anilines is 1. The van der Waals surface area contributed by atoms with Gasteiger partial charge in [0.1, 0.15) is 0 Å². The molecule has 2 heterocycles. The first-order valence-electron chi connectivity index (χ1n) is 8.65. The third kappa shape index (κ3) is 3.27. The van der Waals surface area contributed by atoms with Gasteiger partial charge in [-0.3, -0.25) is 0 Å². The zero-order valence-electron chi connectivity index (χ0n) is 15.2. The van der Waals surface area contributed by atoms with Gasteiger partial charge < -0.3 is 14.9 Å². The van der Waals surface area contributed by atoms with E-state index in [9.17, 15) is 9.90 Å². The van der Waals surface area contributed by atoms with E-state index in [1.165, 1.54) is 0 Å². The molecule has 0 amide bonds. The monoisotopic (exact) mass is 359 g/mol. The van der Waals surface area contributed by atoms with Crippen molar-refractivity contribution in [3.05, 3.63) is 41.1 Å². The molecule has 3 rings (SSSR count). The van der Waals surface area contributed by atoms with Crippen molar-refractivity contribution in [2.75, 3.05) is 24.7 Å². The molecule has 2 aliphatic rings. The number of hydrogen-bond acceptors (Lipinski definition) is 5. The highest BCUT2D eigenvalue weighted by Gasteiger charge is 2.40. The van der Waals surface area contributed by atoms with Crippen molar-refractivity contribution in [3.63, 3.8) is 0 Å². The van der Waals surface area contributed by atoms with E-state index >= 15 is 0 Å². The van der Waals surface area contributed by atoms with Crippen LogP contribution in [-0.4, -0.2) is 47.0 Å². The van der Waals surface area contributed by atoms with E-state index in [0.717, 1.165) is 35.0 Å². The number of hydrogen-bond donors (Lipinski definition) is 1. The lowest BCUT2D eigenvalue weighted by molar-refractivity contribution is -0.133. The van der Waals surface area contributed by atoms with Crippen LogP contribution in [0.4, 0.5) is 5.69 Å². The van der Waals surface area contributed by atoms with Crippen molar-refractivity contribution in [1.82, 2.24) is 4.90 Å². The number of rotatable bonds is 4. The minimum absolute atomic E-state index is 0.279. The van der Waals surface area contributed by atoms with Crippen LogP contribution >= 0.6 is 11.8 Å². The molecule has 0 aliphatic carbocycles. The zero-order valence-corrected chi connectivity index (χ0v) is 16.0. The molecular formula is C19H25N3O2S. The minimum atomic E-state index is -0.882. The van der Waals surface area contributed by atoms with E-state index in [0.29, 0.717) is 17.3 Å². The molecule has 134 valence electrons. The third-order valence-electron chi connectivity index (χ3n) is 4.93. The number of benzene rings is 1. The third-order valence-corrected chi connectivity index (χ3v) is 5.93. The van der Waals surface area contributed by atoms with Crippen LogP contribution in [-0.2, 0) is 4.79 Å². The molecule has 25 heavy (non-hydrogen) atoms. The van der Waals surface area contributed by atoms with E-state index in [1.807, 2.05) is 50.2 Å². The summed E-state index contributed by atoms with van der Waals surface area (Å²) in [7, 11) is 4.00. The van der Waals surface area contributed by atoms with Crippen LogP contribution < -0.4 is 4.90 Å². The number of carbonyl (C=O) groups is 1. The minimum Gasteiger partial charge on any atom is -0.478 e. The van der Waals surface area contributed by atoms with Crippen LogP contribution in [0, 0.1) is 0 Å². The van der Waals surface area contributed by atoms with Gasteiger partial charge in [-0.05, 0) is 37.5 Å². The topological polar surface area (TPSA) is 56.1 Å². The molecule has 0 spiro atoms. The van der Waals surface area contributed by atoms with Crippen LogP contribution in [0.25, 0.3) is 0 Å². The van der Waals surface area contributed by atoms with Gasteiger partial charge >= 0.3 is 5.97 Å². The summed E-state index contributed by atoms with van der Waals surface area (Å²) in [6, 6.07) is 8.23. The van der Waals surface area contributed by atoms with Gasteiger partial charge in [-0.15, -0.1) is 0 Å². The van der Waals surface area contributed by atoms with Crippen LogP contribution in [0.1, 0.15) is 38.3 Å². The summed E-state index contributed by atoms with van der Waals surface area (Å²) in [5.74, 6) is 0.155. The first-order chi connectivity index (χ1) is 11.9. The molecule has 2 atom stereocenters. The molecule has 6 heteroatoms. The first-order valence-corrected chi connectivity index (χ1v) is 9.63. The number of fused-ring (bicyclic) bond motifs is 1. The Labute approximate surface area is 153 Å². The average Bonchev–Trinajstić information content (AvgIpc) is 2.59. The quantitative estimate of drug-likeness (QED) is 0.887. The highest BCUT2D eigenvalue weighted by molar-refractivity contribution is 8.13. The van der Waals surface area contributed by atoms with Crippen molar-refractivity contribution in [2.45, 2.75) is 38.8 Å². The van der Waals surface area contributed by atoms with Gasteiger partial charge in [-0.2, -0.15) is 0 Å². The number of allylic oxidation sites excluding steroid dienone is 1. The molecule has 5 nitrogen and oxygen atoms in total. The fourth-order valence-corrected chi connectivity index (χ4v) is 4.74. The second kappa shape index (κ2) is 7.12. The maximum Gasteiger partial charge on any atom is 0.335 e. The van der Waals surface area contributed by atoms with Crippen LogP contribution in [0.15, 0.2) is 40.5 Å². The fourth-order valence-electron chi connectivity index (χ4n) is 3.56. The Balaban J connectivity index is 2.11. The predicted octanol–water partition coefficient (Wildman–Crippen LogP) is 3.74. The Hall–Kier alpha value is -1.95. The highest BCUT2D eigenvalue weighted by Crippen LogP contribution is 2.42. The number of nitrogens with zero attached hydrogens (tertiary/aromatic N) is 3. The van der Waals surface area contributed by atoms with Crippen molar-refractivity contribution in [2.24, 2.45) is 4.99 Å². The highest BCUT2D eigenvalue weighted by atomic mass is 32.2. The second-order valence-electron chi connectivity index (χ2n) is 6.69. The smallest absolute Gasteiger partial charge is 0.335 e. The zero-order chi connectivity index (χ0) is 18.1. The van der Waals surface area contributed by atoms with E-state index in [4.69, 9.17) is 0 Å². The summed E-state index contributed by atoms with van der Waals surface area (Å²) in [6.45, 7) is 3.97. The Kier molecular flexibility index (Phi) is 5.08. The molecule has 0 bridgehead atoms. The van der Waals surface area contributed by atoms with Crippen molar-refractivity contribution in [3.8, 4) is 0 Å². The molecule has 1 fully saturated rings. The first kappa shape index (κ1) is 17.9. The normalized spacial score (nSPS) is 23.2. The Bertz CT molecular complexity index is 725. The number of aliphatic imine (C=N–C) groups is 1. The second-order valence-corrected chi connectivity index (χ2v) is 7.76. The standard InChI is InChI=1S/C19H25N3O2S/c1-5-14-10-11-25-19-20-12(2)16(18(23)24)17(22(14)19)13-6-8-15(9-7-13)21(3)4/h6-9,14,17H,5,10-11H2,1-4H3,(H,23,24). The average molecular weight is 359 g/mol. The van der Waals surface area contributed by atoms with E-state index in [-0.39, 0.29) is 6.04 Å². The molecule has 1 aromatic carbocycles. The number of thioether (sulfide) groups is 1. The Morgan fingerprint density at radius 2 is 2.04 bits per heavy atom. The van der Waals surface area contributed by atoms with E-state index in [2.05, 4.69) is 16.8 Å². The summed E-state index contributed by atoms with van der Waals surface area (Å²) in [4.78, 5) is 20.9. The molecule has 0 saturated carbocycles. The fraction of sp³-hybridized carbons (Fsp3) is 0.474. The maximum absolute atomic E-state index is 12.0. The molecule has 1 N–H and O–H groups in total. The van der Waals surface area contributed by atoms with Gasteiger partial charge in [0.05, 0.1) is 17.3 Å². The number of aliphatic carboxylic acids is 1. The Morgan fingerprint density at radius 1 is 1.36 bits per heavy atom. The van der Waals surface area contributed by atoms with E-state index in [1.54, 1.807) is 11.8 Å². The number of carboxylic acids is 1. The lowest BCUT2D eigenvalue weighted by Crippen LogP contribution is -2.48. The lowest BCUT2D eigenvalue weighted by Gasteiger charge is -2.45. The van der Waals surface area contributed by atoms with Crippen LogP contribution in [0.5, 0.6) is 0 Å². The largest absolute Gasteiger partial charge is 0.478 e. The van der Waals surface area contributed by atoms with Crippen molar-refractivity contribution < 1.29 is 9.90 Å². The molecule has 2 aliphatic heterocycles. The summed E-state index contributed by atoms with van der Waals surface area (Å²) < 4.78 is 0. The molecule has 0 radical (unpaired) electrons. The van der Waals surface area contributed by atoms with Gasteiger partial charge in [0, 0.05) is 31.6 Å². The molecule has 2 unspecified atom stereocenters. The summed E-state index contributed by atoms with van der Waals surface area (Å²) in [6.07, 6.45) is 2.04. The number of amidine groups is 1. The van der Waals surface area contributed by atoms with Gasteiger partial charge in [0.2, 0.25) is 0 Å². The molecule has 0 aromatic heterocycles. The lowest BCUT2D eigenvalue weighted by atomic mass is 9.92. The maximum atomic E-state index is 12.0. The molecule has 1 saturated heterocycles. The van der Waals surface area contributed by atoms with Gasteiger partial charge in [0.15, 0.2) is 5.17 Å². The summed E-state index contributed by atoms with van der Waals surface area (Å²) in [5, 5.41) is 10.8. The Morgan fingerprint density at radius 3 is 2.60 bits per heavy atom.